The first kappa shape index (κ1) is 23.8. The van der Waals surface area contributed by atoms with Gasteiger partial charge in [0.2, 0.25) is 0 Å². The summed E-state index contributed by atoms with van der Waals surface area (Å²) in [5, 5.41) is 3.10. The molecule has 1 aliphatic rings. The van der Waals surface area contributed by atoms with E-state index in [1.807, 2.05) is 37.3 Å². The van der Waals surface area contributed by atoms with Gasteiger partial charge in [0.05, 0.1) is 23.2 Å². The minimum Gasteiger partial charge on any atom is -0.476 e. The Hall–Kier alpha value is -3.32. The lowest BCUT2D eigenvalue weighted by molar-refractivity contribution is -0.128. The summed E-state index contributed by atoms with van der Waals surface area (Å²) >= 11 is 0. The number of nitrogens with zero attached hydrogens (tertiary/aromatic N) is 1. The third-order valence-electron chi connectivity index (χ3n) is 5.86. The number of nitrogens with one attached hydrogen (secondary N) is 1. The molecule has 0 fully saturated rings. The Kier molecular flexibility index (Phi) is 6.93. The monoisotopic (exact) mass is 478 g/mol. The summed E-state index contributed by atoms with van der Waals surface area (Å²) in [4.78, 5) is 13.5. The molecule has 1 N–H and O–H groups in total. The molecule has 0 radical (unpaired) electrons. The molecule has 7 heteroatoms. The average molecular weight is 479 g/mol. The van der Waals surface area contributed by atoms with Crippen molar-refractivity contribution < 1.29 is 17.9 Å². The minimum atomic E-state index is -3.88. The molecule has 2 atom stereocenters. The number of fused-ring (bicyclic) bond motifs is 1. The Labute approximate surface area is 201 Å². The van der Waals surface area contributed by atoms with E-state index in [0.717, 1.165) is 17.5 Å². The summed E-state index contributed by atoms with van der Waals surface area (Å²) < 4.78 is 34.4. The van der Waals surface area contributed by atoms with Gasteiger partial charge in [-0.3, -0.25) is 9.10 Å². The number of sulfonamides is 1. The zero-order valence-corrected chi connectivity index (χ0v) is 20.5. The topological polar surface area (TPSA) is 75.7 Å². The fourth-order valence-electron chi connectivity index (χ4n) is 4.10. The molecule has 1 amide bonds. The number of amides is 1. The van der Waals surface area contributed by atoms with Crippen molar-refractivity contribution in [2.24, 2.45) is 5.92 Å². The van der Waals surface area contributed by atoms with Crippen molar-refractivity contribution in [3.8, 4) is 5.75 Å². The standard InChI is InChI=1S/C27H30N2O4S/c1-19(2)17-23(21-9-5-4-6-10-21)28-27(30)26-18-29(24-11-7-8-12-25(24)33-26)34(31,32)22-15-13-20(3)14-16-22/h4-16,19,23,26H,17-18H2,1-3H3,(H,28,30)/t23-,26+/m1/s1. The lowest BCUT2D eigenvalue weighted by Crippen LogP contribution is -2.51. The van der Waals surface area contributed by atoms with Gasteiger partial charge in [-0.1, -0.05) is 74.0 Å². The maximum absolute atomic E-state index is 13.6. The molecule has 0 unspecified atom stereocenters. The Bertz CT molecular complexity index is 1240. The first-order valence-electron chi connectivity index (χ1n) is 11.5. The molecule has 3 aromatic carbocycles. The Balaban J connectivity index is 1.63. The molecule has 6 nitrogen and oxygen atoms in total. The van der Waals surface area contributed by atoms with Crippen LogP contribution in [0.2, 0.25) is 0 Å². The van der Waals surface area contributed by atoms with Crippen molar-refractivity contribution in [3.63, 3.8) is 0 Å². The van der Waals surface area contributed by atoms with E-state index in [-0.39, 0.29) is 23.4 Å². The number of anilines is 1. The van der Waals surface area contributed by atoms with E-state index >= 15 is 0 Å². The van der Waals surface area contributed by atoms with Crippen LogP contribution in [0.3, 0.4) is 0 Å². The van der Waals surface area contributed by atoms with Crippen molar-refractivity contribution in [2.45, 2.75) is 44.2 Å². The maximum atomic E-state index is 13.6. The zero-order valence-electron chi connectivity index (χ0n) is 19.6. The largest absolute Gasteiger partial charge is 0.476 e. The predicted octanol–water partition coefficient (Wildman–Crippen LogP) is 4.85. The highest BCUT2D eigenvalue weighted by molar-refractivity contribution is 7.92. The molecule has 4 rings (SSSR count). The van der Waals surface area contributed by atoms with Crippen LogP contribution in [0.5, 0.6) is 5.75 Å². The number of hydrogen-bond acceptors (Lipinski definition) is 4. The highest BCUT2D eigenvalue weighted by Gasteiger charge is 2.38. The molecule has 178 valence electrons. The quantitative estimate of drug-likeness (QED) is 0.526. The molecule has 0 saturated heterocycles. The number of aryl methyl sites for hydroxylation is 1. The van der Waals surface area contributed by atoms with Crippen molar-refractivity contribution >= 4 is 21.6 Å². The van der Waals surface area contributed by atoms with Crippen molar-refractivity contribution in [1.82, 2.24) is 5.32 Å². The number of rotatable bonds is 7. The molecule has 0 saturated carbocycles. The lowest BCUT2D eigenvalue weighted by Gasteiger charge is -2.35. The van der Waals surface area contributed by atoms with Crippen molar-refractivity contribution in [2.75, 3.05) is 10.8 Å². The van der Waals surface area contributed by atoms with Crippen LogP contribution >= 0.6 is 0 Å². The van der Waals surface area contributed by atoms with Gasteiger partial charge in [-0.15, -0.1) is 0 Å². The van der Waals surface area contributed by atoms with Crippen LogP contribution in [0.15, 0.2) is 83.8 Å². The van der Waals surface area contributed by atoms with Gasteiger partial charge in [-0.2, -0.15) is 0 Å². The first-order valence-corrected chi connectivity index (χ1v) is 12.9. The summed E-state index contributed by atoms with van der Waals surface area (Å²) in [6.07, 6.45) is -0.224. The summed E-state index contributed by atoms with van der Waals surface area (Å²) in [5.41, 5.74) is 2.40. The number of hydrogen-bond donors (Lipinski definition) is 1. The van der Waals surface area contributed by atoms with Crippen LogP contribution in [0.4, 0.5) is 5.69 Å². The molecule has 3 aromatic rings. The third-order valence-corrected chi connectivity index (χ3v) is 7.66. The molecule has 0 aromatic heterocycles. The summed E-state index contributed by atoms with van der Waals surface area (Å²) in [6.45, 7) is 6.00. The van der Waals surface area contributed by atoms with E-state index in [1.54, 1.807) is 48.5 Å². The maximum Gasteiger partial charge on any atom is 0.264 e. The second-order valence-corrected chi connectivity index (χ2v) is 10.9. The number of benzene rings is 3. The van der Waals surface area contributed by atoms with E-state index in [4.69, 9.17) is 4.74 Å². The Morgan fingerprint density at radius 1 is 1.00 bits per heavy atom. The van der Waals surface area contributed by atoms with Gasteiger partial charge in [0.15, 0.2) is 6.10 Å². The predicted molar refractivity (Wildman–Crippen MR) is 133 cm³/mol. The highest BCUT2D eigenvalue weighted by atomic mass is 32.2. The van der Waals surface area contributed by atoms with E-state index in [1.165, 1.54) is 4.31 Å². The highest BCUT2D eigenvalue weighted by Crippen LogP contribution is 2.37. The second kappa shape index (κ2) is 9.89. The van der Waals surface area contributed by atoms with Crippen LogP contribution < -0.4 is 14.4 Å². The van der Waals surface area contributed by atoms with Crippen LogP contribution in [0, 0.1) is 12.8 Å². The smallest absolute Gasteiger partial charge is 0.264 e. The van der Waals surface area contributed by atoms with Crippen molar-refractivity contribution in [3.05, 3.63) is 90.0 Å². The lowest BCUT2D eigenvalue weighted by atomic mass is 9.96. The van der Waals surface area contributed by atoms with Crippen LogP contribution in [0.1, 0.15) is 37.4 Å². The molecule has 34 heavy (non-hydrogen) atoms. The average Bonchev–Trinajstić information content (AvgIpc) is 2.83. The van der Waals surface area contributed by atoms with Gasteiger partial charge in [0.1, 0.15) is 5.75 Å². The van der Waals surface area contributed by atoms with Crippen LogP contribution in [-0.2, 0) is 14.8 Å². The Morgan fingerprint density at radius 2 is 1.65 bits per heavy atom. The van der Waals surface area contributed by atoms with Crippen LogP contribution in [-0.4, -0.2) is 27.0 Å². The van der Waals surface area contributed by atoms with Gasteiger partial charge in [-0.25, -0.2) is 8.42 Å². The summed E-state index contributed by atoms with van der Waals surface area (Å²) in [7, 11) is -3.88. The van der Waals surface area contributed by atoms with Crippen molar-refractivity contribution in [1.29, 1.82) is 0 Å². The van der Waals surface area contributed by atoms with Gasteiger partial charge in [0.25, 0.3) is 15.9 Å². The molecular formula is C27H30N2O4S. The van der Waals surface area contributed by atoms with Gasteiger partial charge in [0, 0.05) is 0 Å². The fraction of sp³-hybridized carbons (Fsp3) is 0.296. The third kappa shape index (κ3) is 5.09. The summed E-state index contributed by atoms with van der Waals surface area (Å²) in [5.74, 6) is 0.384. The molecule has 0 spiro atoms. The first-order chi connectivity index (χ1) is 16.3. The van der Waals surface area contributed by atoms with Gasteiger partial charge < -0.3 is 10.1 Å². The van der Waals surface area contributed by atoms with E-state index in [2.05, 4.69) is 19.2 Å². The summed E-state index contributed by atoms with van der Waals surface area (Å²) in [6, 6.07) is 23.2. The molecular weight excluding hydrogens is 448 g/mol. The second-order valence-electron chi connectivity index (χ2n) is 9.02. The van der Waals surface area contributed by atoms with E-state index in [9.17, 15) is 13.2 Å². The zero-order chi connectivity index (χ0) is 24.3. The molecule has 1 aliphatic heterocycles. The van der Waals surface area contributed by atoms with Gasteiger partial charge >= 0.3 is 0 Å². The Morgan fingerprint density at radius 3 is 2.32 bits per heavy atom. The number of carbonyl (C=O) groups excluding carboxylic acids is 1. The van der Waals surface area contributed by atoms with Gasteiger partial charge in [-0.05, 0) is 49.1 Å². The fourth-order valence-corrected chi connectivity index (χ4v) is 5.58. The molecule has 0 bridgehead atoms. The van der Waals surface area contributed by atoms with E-state index in [0.29, 0.717) is 17.4 Å². The van der Waals surface area contributed by atoms with E-state index < -0.39 is 16.1 Å². The molecule has 1 heterocycles. The number of para-hydroxylation sites is 2. The minimum absolute atomic E-state index is 0.109. The number of ether oxygens (including phenoxy) is 1. The SMILES string of the molecule is Cc1ccc(S(=O)(=O)N2C[C@@H](C(=O)N[C@H](CC(C)C)c3ccccc3)Oc3ccccc32)cc1. The van der Waals surface area contributed by atoms with Crippen LogP contribution in [0.25, 0.3) is 0 Å². The number of carbonyl (C=O) groups is 1. The molecule has 0 aliphatic carbocycles. The normalized spacial score (nSPS) is 16.5.